The van der Waals surface area contributed by atoms with Gasteiger partial charge in [0.05, 0.1) is 0 Å². The van der Waals surface area contributed by atoms with Crippen molar-refractivity contribution < 1.29 is 29.7 Å². The first-order valence-corrected chi connectivity index (χ1v) is 3.33. The van der Waals surface area contributed by atoms with Gasteiger partial charge in [-0.1, -0.05) is 0 Å². The van der Waals surface area contributed by atoms with Gasteiger partial charge in [-0.3, -0.25) is 9.59 Å². The zero-order valence-electron chi connectivity index (χ0n) is 7.77. The van der Waals surface area contributed by atoms with Gasteiger partial charge in [0.25, 0.3) is 5.97 Å². The first-order chi connectivity index (χ1) is 5.79. The van der Waals surface area contributed by atoms with E-state index >= 15 is 0 Å². The summed E-state index contributed by atoms with van der Waals surface area (Å²) in [6.45, 7) is 4.02. The number of carbonyl (C=O) groups excluding carboxylic acids is 1. The molecular formula is C7H14O6. The molecule has 6 heteroatoms. The van der Waals surface area contributed by atoms with Gasteiger partial charge in [-0.2, -0.15) is 0 Å². The Morgan fingerprint density at radius 2 is 1.15 bits per heavy atom. The Kier molecular flexibility index (Phi) is 17.8. The number of hydrogen-bond acceptors (Lipinski definition) is 4. The fourth-order valence-electron chi connectivity index (χ4n) is 0. The maximum absolute atomic E-state index is 9.54. The van der Waals surface area contributed by atoms with Gasteiger partial charge < -0.3 is 15.3 Å². The van der Waals surface area contributed by atoms with Crippen molar-refractivity contribution in [2.45, 2.75) is 20.8 Å². The van der Waals surface area contributed by atoms with Gasteiger partial charge in [-0.05, 0) is 6.92 Å². The predicted octanol–water partition coefficient (Wildman–Crippen LogP) is -0.250. The van der Waals surface area contributed by atoms with Crippen molar-refractivity contribution in [2.24, 2.45) is 0 Å². The SMILES string of the molecule is CC(=O)C(=O)O.CC(=O)O.CCO. The van der Waals surface area contributed by atoms with Crippen LogP contribution < -0.4 is 0 Å². The second-order valence-corrected chi connectivity index (χ2v) is 1.70. The number of carbonyl (C=O) groups is 3. The van der Waals surface area contributed by atoms with Crippen molar-refractivity contribution in [3.8, 4) is 0 Å². The van der Waals surface area contributed by atoms with Crippen LogP contribution in [-0.4, -0.2) is 39.6 Å². The zero-order valence-corrected chi connectivity index (χ0v) is 7.77. The number of aliphatic hydroxyl groups is 1. The van der Waals surface area contributed by atoms with E-state index in [0.29, 0.717) is 0 Å². The van der Waals surface area contributed by atoms with Crippen molar-refractivity contribution >= 4 is 17.7 Å². The summed E-state index contributed by atoms with van der Waals surface area (Å²) in [6.07, 6.45) is 0. The molecule has 0 aliphatic rings. The lowest BCUT2D eigenvalue weighted by Crippen LogP contribution is -2.05. The van der Waals surface area contributed by atoms with E-state index in [-0.39, 0.29) is 6.61 Å². The molecule has 0 unspecified atom stereocenters. The Morgan fingerprint density at radius 3 is 1.15 bits per heavy atom. The van der Waals surface area contributed by atoms with E-state index in [4.69, 9.17) is 20.1 Å². The number of hydrogen-bond donors (Lipinski definition) is 3. The molecule has 0 saturated carbocycles. The number of carboxylic acids is 2. The van der Waals surface area contributed by atoms with Gasteiger partial charge in [-0.15, -0.1) is 0 Å². The van der Waals surface area contributed by atoms with Gasteiger partial charge in [0.2, 0.25) is 5.78 Å². The van der Waals surface area contributed by atoms with E-state index in [0.717, 1.165) is 13.8 Å². The summed E-state index contributed by atoms with van der Waals surface area (Å²) in [7, 11) is 0. The van der Waals surface area contributed by atoms with Crippen LogP contribution >= 0.6 is 0 Å². The van der Waals surface area contributed by atoms with Crippen molar-refractivity contribution in [3.05, 3.63) is 0 Å². The molecule has 13 heavy (non-hydrogen) atoms. The Balaban J connectivity index is -0.000000125. The van der Waals surface area contributed by atoms with Crippen molar-refractivity contribution in [2.75, 3.05) is 6.61 Å². The third-order valence-corrected chi connectivity index (χ3v) is 0.301. The van der Waals surface area contributed by atoms with Crippen molar-refractivity contribution in [1.29, 1.82) is 0 Å². The summed E-state index contributed by atoms with van der Waals surface area (Å²) in [5.41, 5.74) is 0. The largest absolute Gasteiger partial charge is 0.481 e. The molecule has 0 aromatic carbocycles. The molecule has 0 bridgehead atoms. The summed E-state index contributed by atoms with van der Waals surface area (Å²) in [5.74, 6) is -3.04. The third-order valence-electron chi connectivity index (χ3n) is 0.301. The lowest BCUT2D eigenvalue weighted by Gasteiger charge is -1.73. The lowest BCUT2D eigenvalue weighted by atomic mass is 10.5. The molecule has 0 aromatic heterocycles. The van der Waals surface area contributed by atoms with Crippen LogP contribution in [0.15, 0.2) is 0 Å². The van der Waals surface area contributed by atoms with Crippen LogP contribution in [0.25, 0.3) is 0 Å². The third kappa shape index (κ3) is 118. The van der Waals surface area contributed by atoms with Crippen LogP contribution in [0.5, 0.6) is 0 Å². The molecule has 0 fully saturated rings. The summed E-state index contributed by atoms with van der Waals surface area (Å²) in [6, 6.07) is 0. The van der Waals surface area contributed by atoms with Crippen LogP contribution in [0.3, 0.4) is 0 Å². The molecule has 0 aromatic rings. The second-order valence-electron chi connectivity index (χ2n) is 1.70. The number of Topliss-reactive ketones (excluding diaryl/α,β-unsaturated/α-hetero) is 1. The van der Waals surface area contributed by atoms with Gasteiger partial charge in [-0.25, -0.2) is 4.79 Å². The Bertz CT molecular complexity index is 146. The second kappa shape index (κ2) is 13.2. The highest BCUT2D eigenvalue weighted by atomic mass is 16.4. The average molecular weight is 194 g/mol. The van der Waals surface area contributed by atoms with E-state index in [9.17, 15) is 9.59 Å². The van der Waals surface area contributed by atoms with Gasteiger partial charge in [0.15, 0.2) is 0 Å². The minimum Gasteiger partial charge on any atom is -0.481 e. The number of ketones is 1. The Morgan fingerprint density at radius 1 is 1.08 bits per heavy atom. The van der Waals surface area contributed by atoms with Gasteiger partial charge in [0.1, 0.15) is 0 Å². The summed E-state index contributed by atoms with van der Waals surface area (Å²) in [5, 5.41) is 22.6. The van der Waals surface area contributed by atoms with Crippen LogP contribution in [-0.2, 0) is 14.4 Å². The standard InChI is InChI=1S/C3H4O3.C2H4O2.C2H6O/c1-2(4)3(5)6;1-2(3)4;1-2-3/h1H3,(H,5,6);1H3,(H,3,4);3H,2H2,1H3. The molecule has 0 aliphatic heterocycles. The molecule has 0 heterocycles. The van der Waals surface area contributed by atoms with Crippen LogP contribution in [0.1, 0.15) is 20.8 Å². The first-order valence-electron chi connectivity index (χ1n) is 3.33. The number of aliphatic hydroxyl groups excluding tert-OH is 1. The number of rotatable bonds is 1. The molecule has 0 atom stereocenters. The first kappa shape index (κ1) is 17.6. The molecule has 0 rings (SSSR count). The van der Waals surface area contributed by atoms with E-state index in [1.165, 1.54) is 0 Å². The van der Waals surface area contributed by atoms with E-state index in [2.05, 4.69) is 0 Å². The predicted molar refractivity (Wildman–Crippen MR) is 44.4 cm³/mol. The Labute approximate surface area is 75.8 Å². The number of carboxylic acid groups (broad SMARTS) is 2. The molecule has 3 N–H and O–H groups in total. The average Bonchev–Trinajstić information content (AvgIpc) is 1.87. The van der Waals surface area contributed by atoms with Crippen LogP contribution in [0, 0.1) is 0 Å². The number of aliphatic carboxylic acids is 2. The molecule has 78 valence electrons. The summed E-state index contributed by atoms with van der Waals surface area (Å²) in [4.78, 5) is 27.9. The highest BCUT2D eigenvalue weighted by molar-refractivity contribution is 6.31. The highest BCUT2D eigenvalue weighted by Crippen LogP contribution is 1.61. The van der Waals surface area contributed by atoms with Crippen LogP contribution in [0.2, 0.25) is 0 Å². The fourth-order valence-corrected chi connectivity index (χ4v) is 0. The summed E-state index contributed by atoms with van der Waals surface area (Å²) >= 11 is 0. The molecule has 0 saturated heterocycles. The van der Waals surface area contributed by atoms with E-state index in [1.807, 2.05) is 0 Å². The van der Waals surface area contributed by atoms with Crippen LogP contribution in [0.4, 0.5) is 0 Å². The molecule has 0 radical (unpaired) electrons. The van der Waals surface area contributed by atoms with Crippen molar-refractivity contribution in [1.82, 2.24) is 0 Å². The molecule has 0 spiro atoms. The maximum Gasteiger partial charge on any atom is 0.371 e. The monoisotopic (exact) mass is 194 g/mol. The van der Waals surface area contributed by atoms with Crippen molar-refractivity contribution in [3.63, 3.8) is 0 Å². The fraction of sp³-hybridized carbons (Fsp3) is 0.571. The van der Waals surface area contributed by atoms with E-state index < -0.39 is 17.7 Å². The maximum atomic E-state index is 9.54. The highest BCUT2D eigenvalue weighted by Gasteiger charge is 1.98. The van der Waals surface area contributed by atoms with E-state index in [1.54, 1.807) is 6.92 Å². The van der Waals surface area contributed by atoms with Gasteiger partial charge >= 0.3 is 5.97 Å². The molecule has 0 aliphatic carbocycles. The topological polar surface area (TPSA) is 112 Å². The minimum atomic E-state index is -1.38. The van der Waals surface area contributed by atoms with Gasteiger partial charge in [0, 0.05) is 20.5 Å². The zero-order chi connectivity index (χ0) is 11.4. The lowest BCUT2D eigenvalue weighted by molar-refractivity contribution is -0.148. The quantitative estimate of drug-likeness (QED) is 0.496. The normalized spacial score (nSPS) is 6.77. The minimum absolute atomic E-state index is 0.250. The molecular weight excluding hydrogens is 180 g/mol. The molecule has 6 nitrogen and oxygen atoms in total. The Hall–Kier alpha value is -1.43. The summed E-state index contributed by atoms with van der Waals surface area (Å²) < 4.78 is 0. The molecule has 0 amide bonds. The smallest absolute Gasteiger partial charge is 0.371 e.